The van der Waals surface area contributed by atoms with Crippen LogP contribution in [0.3, 0.4) is 0 Å². The Labute approximate surface area is 131 Å². The predicted octanol–water partition coefficient (Wildman–Crippen LogP) is 5.23. The highest BCUT2D eigenvalue weighted by molar-refractivity contribution is 7.17. The first-order valence-corrected chi connectivity index (χ1v) is 7.81. The van der Waals surface area contributed by atoms with Crippen LogP contribution in [-0.4, -0.2) is 12.3 Å². The van der Waals surface area contributed by atoms with Crippen molar-refractivity contribution in [2.24, 2.45) is 0 Å². The first kappa shape index (κ1) is 13.1. The van der Waals surface area contributed by atoms with E-state index in [0.717, 1.165) is 28.0 Å². The smallest absolute Gasteiger partial charge is 0.171 e. The third kappa shape index (κ3) is 2.09. The molecule has 0 atom stereocenters. The van der Waals surface area contributed by atoms with Gasteiger partial charge in [-0.3, -0.25) is 0 Å². The molecule has 108 valence electrons. The predicted molar refractivity (Wildman–Crippen MR) is 89.3 cm³/mol. The summed E-state index contributed by atoms with van der Waals surface area (Å²) in [4.78, 5) is 0. The van der Waals surface area contributed by atoms with Gasteiger partial charge in [-0.25, -0.2) is 0 Å². The second-order valence-corrected chi connectivity index (χ2v) is 5.87. The van der Waals surface area contributed by atoms with Crippen LogP contribution in [0.25, 0.3) is 32.7 Å². The number of ether oxygens (including phenoxy) is 1. The summed E-state index contributed by atoms with van der Waals surface area (Å²) < 4.78 is 12.3. The third-order valence-electron chi connectivity index (χ3n) is 3.64. The summed E-state index contributed by atoms with van der Waals surface area (Å²) in [6.07, 6.45) is 0. The Morgan fingerprint density at radius 1 is 1.05 bits per heavy atom. The van der Waals surface area contributed by atoms with Crippen LogP contribution in [0.15, 0.2) is 64.5 Å². The van der Waals surface area contributed by atoms with Crippen LogP contribution >= 0.6 is 11.3 Å². The Balaban J connectivity index is 1.84. The first-order chi connectivity index (χ1) is 10.9. The number of fused-ring (bicyclic) bond motifs is 1. The second-order valence-electron chi connectivity index (χ2n) is 4.92. The lowest BCUT2D eigenvalue weighted by Crippen LogP contribution is -1.87. The van der Waals surface area contributed by atoms with Crippen molar-refractivity contribution in [3.63, 3.8) is 0 Å². The molecular formula is C18H13NO2S. The molecule has 4 rings (SSSR count). The molecule has 0 bridgehead atoms. The molecule has 0 amide bonds. The van der Waals surface area contributed by atoms with Crippen LogP contribution in [0.1, 0.15) is 0 Å². The molecular weight excluding hydrogens is 294 g/mol. The number of hydrogen-bond donors (Lipinski definition) is 0. The molecule has 0 N–H and O–H groups in total. The molecule has 0 radical (unpaired) electrons. The minimum Gasteiger partial charge on any atom is -0.495 e. The summed E-state index contributed by atoms with van der Waals surface area (Å²) in [6, 6.07) is 18.1. The molecule has 0 aliphatic carbocycles. The van der Waals surface area contributed by atoms with E-state index in [1.54, 1.807) is 18.4 Å². The van der Waals surface area contributed by atoms with Crippen LogP contribution in [0.4, 0.5) is 0 Å². The molecule has 2 aromatic carbocycles. The van der Waals surface area contributed by atoms with Crippen molar-refractivity contribution < 1.29 is 9.26 Å². The molecule has 3 nitrogen and oxygen atoms in total. The van der Waals surface area contributed by atoms with Crippen LogP contribution in [0.2, 0.25) is 0 Å². The topological polar surface area (TPSA) is 35.3 Å². The van der Waals surface area contributed by atoms with Gasteiger partial charge in [0.2, 0.25) is 0 Å². The molecule has 22 heavy (non-hydrogen) atoms. The molecule has 0 spiro atoms. The van der Waals surface area contributed by atoms with Gasteiger partial charge in [-0.15, -0.1) is 11.3 Å². The van der Waals surface area contributed by atoms with Gasteiger partial charge >= 0.3 is 0 Å². The molecule has 2 aromatic heterocycles. The van der Waals surface area contributed by atoms with E-state index in [2.05, 4.69) is 22.7 Å². The highest BCUT2D eigenvalue weighted by atomic mass is 32.1. The SMILES string of the molecule is COc1c(-c2cc(-c3ccccc3)no2)ccc2sccc12. The van der Waals surface area contributed by atoms with E-state index in [0.29, 0.717) is 5.76 Å². The van der Waals surface area contributed by atoms with Crippen molar-refractivity contribution in [2.75, 3.05) is 7.11 Å². The van der Waals surface area contributed by atoms with Crippen molar-refractivity contribution in [3.8, 4) is 28.3 Å². The van der Waals surface area contributed by atoms with Crippen LogP contribution < -0.4 is 4.74 Å². The zero-order chi connectivity index (χ0) is 14.9. The van der Waals surface area contributed by atoms with Crippen molar-refractivity contribution >= 4 is 21.4 Å². The van der Waals surface area contributed by atoms with Crippen LogP contribution in [-0.2, 0) is 0 Å². The Hall–Kier alpha value is -2.59. The van der Waals surface area contributed by atoms with Gasteiger partial charge in [-0.1, -0.05) is 35.5 Å². The van der Waals surface area contributed by atoms with E-state index in [1.165, 1.54) is 4.70 Å². The maximum Gasteiger partial charge on any atom is 0.171 e. The van der Waals surface area contributed by atoms with Crippen molar-refractivity contribution in [2.45, 2.75) is 0 Å². The molecule has 2 heterocycles. The number of aromatic nitrogens is 1. The fourth-order valence-corrected chi connectivity index (χ4v) is 3.36. The largest absolute Gasteiger partial charge is 0.495 e. The molecule has 4 heteroatoms. The average molecular weight is 307 g/mol. The summed E-state index contributed by atoms with van der Waals surface area (Å²) in [5, 5.41) is 7.34. The molecule has 0 fully saturated rings. The fraction of sp³-hybridized carbons (Fsp3) is 0.0556. The third-order valence-corrected chi connectivity index (χ3v) is 4.52. The minimum atomic E-state index is 0.712. The number of thiophene rings is 1. The number of nitrogens with zero attached hydrogens (tertiary/aromatic N) is 1. The summed E-state index contributed by atoms with van der Waals surface area (Å²) in [5.41, 5.74) is 2.78. The van der Waals surface area contributed by atoms with E-state index in [1.807, 2.05) is 42.5 Å². The van der Waals surface area contributed by atoms with Gasteiger partial charge in [-0.2, -0.15) is 0 Å². The quantitative estimate of drug-likeness (QED) is 0.519. The van der Waals surface area contributed by atoms with E-state index >= 15 is 0 Å². The summed E-state index contributed by atoms with van der Waals surface area (Å²) in [7, 11) is 1.68. The van der Waals surface area contributed by atoms with E-state index in [-0.39, 0.29) is 0 Å². The lowest BCUT2D eigenvalue weighted by molar-refractivity contribution is 0.410. The summed E-state index contributed by atoms with van der Waals surface area (Å²) in [5.74, 6) is 1.54. The summed E-state index contributed by atoms with van der Waals surface area (Å²) >= 11 is 1.70. The maximum absolute atomic E-state index is 5.61. The zero-order valence-electron chi connectivity index (χ0n) is 11.9. The Kier molecular flexibility index (Phi) is 3.16. The number of benzene rings is 2. The highest BCUT2D eigenvalue weighted by Crippen LogP contribution is 2.39. The molecule has 0 saturated carbocycles. The van der Waals surface area contributed by atoms with Crippen molar-refractivity contribution in [3.05, 3.63) is 60.0 Å². The molecule has 0 saturated heterocycles. The number of methoxy groups -OCH3 is 1. The fourth-order valence-electron chi connectivity index (χ4n) is 2.58. The van der Waals surface area contributed by atoms with Crippen LogP contribution in [0, 0.1) is 0 Å². The minimum absolute atomic E-state index is 0.712. The van der Waals surface area contributed by atoms with Gasteiger partial charge < -0.3 is 9.26 Å². The maximum atomic E-state index is 5.61. The molecule has 0 unspecified atom stereocenters. The normalized spacial score (nSPS) is 11.0. The summed E-state index contributed by atoms with van der Waals surface area (Å²) in [6.45, 7) is 0. The van der Waals surface area contributed by atoms with E-state index in [9.17, 15) is 0 Å². The number of hydrogen-bond acceptors (Lipinski definition) is 4. The van der Waals surface area contributed by atoms with Gasteiger partial charge in [0.25, 0.3) is 0 Å². The van der Waals surface area contributed by atoms with E-state index in [4.69, 9.17) is 9.26 Å². The Bertz CT molecular complexity index is 925. The molecule has 0 aliphatic heterocycles. The average Bonchev–Trinajstić information content (AvgIpc) is 3.23. The highest BCUT2D eigenvalue weighted by Gasteiger charge is 2.15. The standard InChI is InChI=1S/C18H13NO2S/c1-20-18-13(7-8-17-14(18)9-10-22-17)16-11-15(19-21-16)12-5-3-2-4-6-12/h2-11H,1H3. The monoisotopic (exact) mass is 307 g/mol. The van der Waals surface area contributed by atoms with Crippen molar-refractivity contribution in [1.82, 2.24) is 5.16 Å². The van der Waals surface area contributed by atoms with Gasteiger partial charge in [0.05, 0.1) is 12.7 Å². The zero-order valence-corrected chi connectivity index (χ0v) is 12.8. The molecule has 0 aliphatic rings. The number of rotatable bonds is 3. The van der Waals surface area contributed by atoms with Gasteiger partial charge in [0.1, 0.15) is 11.4 Å². The van der Waals surface area contributed by atoms with Gasteiger partial charge in [-0.05, 0) is 23.6 Å². The van der Waals surface area contributed by atoms with Gasteiger partial charge in [0.15, 0.2) is 5.76 Å². The lowest BCUT2D eigenvalue weighted by atomic mass is 10.1. The van der Waals surface area contributed by atoms with Gasteiger partial charge in [0, 0.05) is 21.7 Å². The molecule has 4 aromatic rings. The second kappa shape index (κ2) is 5.31. The Morgan fingerprint density at radius 3 is 2.73 bits per heavy atom. The first-order valence-electron chi connectivity index (χ1n) is 6.93. The lowest BCUT2D eigenvalue weighted by Gasteiger charge is -2.06. The van der Waals surface area contributed by atoms with Crippen molar-refractivity contribution in [1.29, 1.82) is 0 Å². The van der Waals surface area contributed by atoms with E-state index < -0.39 is 0 Å². The Morgan fingerprint density at radius 2 is 1.91 bits per heavy atom. The van der Waals surface area contributed by atoms with Crippen LogP contribution in [0.5, 0.6) is 5.75 Å².